The van der Waals surface area contributed by atoms with Crippen molar-refractivity contribution >= 4 is 0 Å². The zero-order valence-corrected chi connectivity index (χ0v) is 9.71. The summed E-state index contributed by atoms with van der Waals surface area (Å²) in [5.74, 6) is 0.281. The second-order valence-corrected chi connectivity index (χ2v) is 4.92. The first-order valence-electron chi connectivity index (χ1n) is 6.25. The highest BCUT2D eigenvalue weighted by Crippen LogP contribution is 2.47. The van der Waals surface area contributed by atoms with Crippen LogP contribution in [0.1, 0.15) is 31.2 Å². The number of hydrogen-bond donors (Lipinski definition) is 0. The minimum atomic E-state index is -0.716. The Labute approximate surface area is 101 Å². The van der Waals surface area contributed by atoms with E-state index in [1.54, 1.807) is 0 Å². The molecular weight excluding hydrogens is 210 g/mol. The highest BCUT2D eigenvalue weighted by Gasteiger charge is 2.50. The minimum absolute atomic E-state index is 0.267. The first kappa shape index (κ1) is 10.5. The zero-order valence-electron chi connectivity index (χ0n) is 9.71. The Balaban J connectivity index is 2.04. The summed E-state index contributed by atoms with van der Waals surface area (Å²) >= 11 is 0. The maximum absolute atomic E-state index is 9.61. The highest BCUT2D eigenvalue weighted by molar-refractivity contribution is 5.35. The third-order valence-corrected chi connectivity index (χ3v) is 4.01. The summed E-state index contributed by atoms with van der Waals surface area (Å²) in [6, 6.07) is 12.6. The predicted octanol–water partition coefficient (Wildman–Crippen LogP) is 3.43. The highest BCUT2D eigenvalue weighted by atomic mass is 15.2. The van der Waals surface area contributed by atoms with Crippen LogP contribution < -0.4 is 0 Å². The Kier molecular flexibility index (Phi) is 2.44. The van der Waals surface area contributed by atoms with Gasteiger partial charge in [-0.15, -0.1) is 0 Å². The summed E-state index contributed by atoms with van der Waals surface area (Å²) in [6.45, 7) is 0. The van der Waals surface area contributed by atoms with E-state index < -0.39 is 5.54 Å². The molecule has 3 atom stereocenters. The van der Waals surface area contributed by atoms with Gasteiger partial charge in [-0.25, -0.2) is 0 Å². The summed E-state index contributed by atoms with van der Waals surface area (Å²) in [5.41, 5.74) is 0.285. The second-order valence-electron chi connectivity index (χ2n) is 4.92. The van der Waals surface area contributed by atoms with Gasteiger partial charge in [0, 0.05) is 5.92 Å². The monoisotopic (exact) mass is 225 g/mol. The lowest BCUT2D eigenvalue weighted by Crippen LogP contribution is -2.35. The molecule has 0 saturated heterocycles. The van der Waals surface area contributed by atoms with Gasteiger partial charge in [-0.05, 0) is 18.4 Å². The third-order valence-electron chi connectivity index (χ3n) is 4.01. The van der Waals surface area contributed by atoms with E-state index in [-0.39, 0.29) is 12.0 Å². The van der Waals surface area contributed by atoms with Gasteiger partial charge in [0.05, 0.1) is 6.04 Å². The van der Waals surface area contributed by atoms with Crippen molar-refractivity contribution in [1.82, 2.24) is 0 Å². The number of rotatable bonds is 1. The molecule has 17 heavy (non-hydrogen) atoms. The van der Waals surface area contributed by atoms with E-state index in [2.05, 4.69) is 16.3 Å². The molecule has 86 valence electrons. The average molecular weight is 225 g/mol. The van der Waals surface area contributed by atoms with Crippen molar-refractivity contribution in [1.29, 1.82) is 5.26 Å². The number of azo groups is 1. The SMILES string of the molecule is N#C[C@]1(c2ccccc2)N=N[C@H]2CCCC[C@H]21. The largest absolute Gasteiger partial charge is 0.197 e. The maximum atomic E-state index is 9.61. The second kappa shape index (κ2) is 3.96. The van der Waals surface area contributed by atoms with Gasteiger partial charge in [-0.3, -0.25) is 0 Å². The van der Waals surface area contributed by atoms with Gasteiger partial charge in [0.2, 0.25) is 0 Å². The van der Waals surface area contributed by atoms with Crippen molar-refractivity contribution in [2.45, 2.75) is 37.3 Å². The molecule has 2 aliphatic rings. The van der Waals surface area contributed by atoms with Gasteiger partial charge in [0.1, 0.15) is 6.07 Å². The summed E-state index contributed by atoms with van der Waals surface area (Å²) in [5, 5.41) is 18.3. The van der Waals surface area contributed by atoms with E-state index in [1.165, 1.54) is 12.8 Å². The Morgan fingerprint density at radius 1 is 1.18 bits per heavy atom. The van der Waals surface area contributed by atoms with Crippen LogP contribution in [0.15, 0.2) is 40.6 Å². The zero-order chi connectivity index (χ0) is 11.7. The summed E-state index contributed by atoms with van der Waals surface area (Å²) in [4.78, 5) is 0. The molecule has 1 aromatic carbocycles. The standard InChI is InChI=1S/C14H15N3/c15-10-14(11-6-2-1-3-7-11)12-8-4-5-9-13(12)16-17-14/h1-3,6-7,12-13H,4-5,8-9H2/t12-,13+,14-/m1/s1. The number of benzene rings is 1. The van der Waals surface area contributed by atoms with E-state index in [9.17, 15) is 5.26 Å². The van der Waals surface area contributed by atoms with E-state index in [1.807, 2.05) is 30.3 Å². The van der Waals surface area contributed by atoms with Gasteiger partial charge < -0.3 is 0 Å². The Hall–Kier alpha value is -1.69. The fraction of sp³-hybridized carbons (Fsp3) is 0.500. The van der Waals surface area contributed by atoms with Crippen molar-refractivity contribution in [3.8, 4) is 6.07 Å². The van der Waals surface area contributed by atoms with Crippen molar-refractivity contribution in [3.05, 3.63) is 35.9 Å². The molecule has 1 aromatic rings. The molecule has 1 saturated carbocycles. The molecule has 0 aromatic heterocycles. The van der Waals surface area contributed by atoms with Gasteiger partial charge in [0.25, 0.3) is 0 Å². The fourth-order valence-corrected chi connectivity index (χ4v) is 3.11. The van der Waals surface area contributed by atoms with E-state index in [0.717, 1.165) is 18.4 Å². The molecule has 0 unspecified atom stereocenters. The van der Waals surface area contributed by atoms with Crippen LogP contribution in [0.5, 0.6) is 0 Å². The molecule has 1 heterocycles. The first-order valence-corrected chi connectivity index (χ1v) is 6.25. The van der Waals surface area contributed by atoms with Crippen LogP contribution in [0.3, 0.4) is 0 Å². The van der Waals surface area contributed by atoms with E-state index in [0.29, 0.717) is 0 Å². The molecule has 1 aliphatic carbocycles. The molecule has 1 fully saturated rings. The number of hydrogen-bond acceptors (Lipinski definition) is 3. The van der Waals surface area contributed by atoms with Crippen LogP contribution in [-0.4, -0.2) is 6.04 Å². The van der Waals surface area contributed by atoms with Crippen LogP contribution in [0, 0.1) is 17.2 Å². The Morgan fingerprint density at radius 3 is 2.71 bits per heavy atom. The fourth-order valence-electron chi connectivity index (χ4n) is 3.11. The summed E-state index contributed by atoms with van der Waals surface area (Å²) in [6.07, 6.45) is 4.57. The summed E-state index contributed by atoms with van der Waals surface area (Å²) < 4.78 is 0. The lowest BCUT2D eigenvalue weighted by molar-refractivity contribution is 0.268. The Bertz CT molecular complexity index is 474. The van der Waals surface area contributed by atoms with E-state index >= 15 is 0 Å². The van der Waals surface area contributed by atoms with Crippen LogP contribution in [0.2, 0.25) is 0 Å². The first-order chi connectivity index (χ1) is 8.37. The van der Waals surface area contributed by atoms with Crippen molar-refractivity contribution < 1.29 is 0 Å². The molecule has 0 radical (unpaired) electrons. The minimum Gasteiger partial charge on any atom is -0.195 e. The quantitative estimate of drug-likeness (QED) is 0.722. The molecule has 3 rings (SSSR count). The Morgan fingerprint density at radius 2 is 1.94 bits per heavy atom. The third kappa shape index (κ3) is 1.48. The van der Waals surface area contributed by atoms with Gasteiger partial charge in [-0.2, -0.15) is 15.5 Å². The topological polar surface area (TPSA) is 48.5 Å². The molecule has 3 heteroatoms. The lowest BCUT2D eigenvalue weighted by Gasteiger charge is -2.31. The van der Waals surface area contributed by atoms with Crippen molar-refractivity contribution in [3.63, 3.8) is 0 Å². The lowest BCUT2D eigenvalue weighted by atomic mass is 9.71. The average Bonchev–Trinajstić information content (AvgIpc) is 2.80. The molecule has 0 N–H and O–H groups in total. The number of nitriles is 1. The number of fused-ring (bicyclic) bond motifs is 1. The molecule has 1 aliphatic heterocycles. The van der Waals surface area contributed by atoms with Crippen LogP contribution >= 0.6 is 0 Å². The maximum Gasteiger partial charge on any atom is 0.197 e. The van der Waals surface area contributed by atoms with E-state index in [4.69, 9.17) is 0 Å². The van der Waals surface area contributed by atoms with Crippen LogP contribution in [-0.2, 0) is 5.54 Å². The molecule has 0 bridgehead atoms. The molecule has 0 spiro atoms. The molecule has 3 nitrogen and oxygen atoms in total. The summed E-state index contributed by atoms with van der Waals surface area (Å²) in [7, 11) is 0. The molecular formula is C14H15N3. The van der Waals surface area contributed by atoms with Crippen LogP contribution in [0.4, 0.5) is 0 Å². The molecule has 0 amide bonds. The number of nitrogens with zero attached hydrogens (tertiary/aromatic N) is 3. The van der Waals surface area contributed by atoms with Gasteiger partial charge in [0.15, 0.2) is 5.54 Å². The normalized spacial score (nSPS) is 35.2. The van der Waals surface area contributed by atoms with Crippen molar-refractivity contribution in [2.24, 2.45) is 16.1 Å². The van der Waals surface area contributed by atoms with Gasteiger partial charge >= 0.3 is 0 Å². The predicted molar refractivity (Wildman–Crippen MR) is 64.3 cm³/mol. The van der Waals surface area contributed by atoms with Crippen molar-refractivity contribution in [2.75, 3.05) is 0 Å². The van der Waals surface area contributed by atoms with Gasteiger partial charge in [-0.1, -0.05) is 43.2 Å². The smallest absolute Gasteiger partial charge is 0.195 e. The van der Waals surface area contributed by atoms with Crippen LogP contribution in [0.25, 0.3) is 0 Å².